The molecule has 0 saturated heterocycles. The minimum Gasteiger partial charge on any atom is -0.351 e. The lowest BCUT2D eigenvalue weighted by atomic mass is 9.92. The molecule has 1 saturated carbocycles. The molecule has 3 N–H and O–H groups in total. The van der Waals surface area contributed by atoms with E-state index < -0.39 is 26.6 Å². The molecule has 1 aliphatic rings. The lowest BCUT2D eigenvalue weighted by Crippen LogP contribution is -2.32. The molecule has 5 nitrogen and oxygen atoms in total. The Morgan fingerprint density at radius 3 is 2.48 bits per heavy atom. The van der Waals surface area contributed by atoms with Gasteiger partial charge in [-0.2, -0.15) is 0 Å². The van der Waals surface area contributed by atoms with Gasteiger partial charge >= 0.3 is 0 Å². The number of primary sulfonamides is 1. The number of nitrogens with one attached hydrogen (secondary N) is 1. The van der Waals surface area contributed by atoms with Crippen LogP contribution in [0, 0.1) is 17.2 Å². The molecule has 7 heteroatoms. The summed E-state index contributed by atoms with van der Waals surface area (Å²) in [4.78, 5) is 11.7. The van der Waals surface area contributed by atoms with E-state index in [-0.39, 0.29) is 11.0 Å². The van der Waals surface area contributed by atoms with Crippen molar-refractivity contribution in [3.8, 4) is 0 Å². The summed E-state index contributed by atoms with van der Waals surface area (Å²) in [7, 11) is -4.05. The van der Waals surface area contributed by atoms with Crippen LogP contribution in [-0.2, 0) is 10.0 Å². The Kier molecular flexibility index (Phi) is 4.08. The van der Waals surface area contributed by atoms with E-state index in [1.165, 1.54) is 0 Å². The van der Waals surface area contributed by atoms with Crippen LogP contribution in [0.25, 0.3) is 0 Å². The van der Waals surface area contributed by atoms with Gasteiger partial charge in [-0.25, -0.2) is 17.9 Å². The third-order valence-electron chi connectivity index (χ3n) is 4.18. The molecule has 1 fully saturated rings. The molecule has 0 aliphatic heterocycles. The van der Waals surface area contributed by atoms with Crippen LogP contribution in [0.4, 0.5) is 4.39 Å². The molecule has 0 spiro atoms. The van der Waals surface area contributed by atoms with Gasteiger partial charge in [0, 0.05) is 12.1 Å². The lowest BCUT2D eigenvalue weighted by Gasteiger charge is -2.20. The second kappa shape index (κ2) is 5.38. The van der Waals surface area contributed by atoms with Crippen LogP contribution in [0.1, 0.15) is 37.0 Å². The maximum atomic E-state index is 13.4. The van der Waals surface area contributed by atoms with Gasteiger partial charge in [-0.15, -0.1) is 0 Å². The van der Waals surface area contributed by atoms with Crippen molar-refractivity contribution in [1.29, 1.82) is 0 Å². The molecule has 0 heterocycles. The van der Waals surface area contributed by atoms with Gasteiger partial charge in [0.05, 0.1) is 4.90 Å². The monoisotopic (exact) mass is 314 g/mol. The fraction of sp³-hybridized carbons (Fsp3) is 0.500. The van der Waals surface area contributed by atoms with E-state index in [0.29, 0.717) is 12.5 Å². The zero-order chi connectivity index (χ0) is 15.8. The maximum Gasteiger partial charge on any atom is 0.251 e. The van der Waals surface area contributed by atoms with E-state index in [1.54, 1.807) is 0 Å². The molecule has 0 aromatic heterocycles. The molecular formula is C14H19FN2O3S. The van der Waals surface area contributed by atoms with Crippen molar-refractivity contribution in [3.63, 3.8) is 0 Å². The van der Waals surface area contributed by atoms with Gasteiger partial charge in [0.25, 0.3) is 5.91 Å². The summed E-state index contributed by atoms with van der Waals surface area (Å²) in [6.45, 7) is 4.70. The number of carbonyl (C=O) groups is 1. The number of benzene rings is 1. The summed E-state index contributed by atoms with van der Waals surface area (Å²) in [6, 6.07) is 2.88. The van der Waals surface area contributed by atoms with Crippen LogP contribution in [0.2, 0.25) is 0 Å². The number of halogens is 1. The number of hydrogen-bond donors (Lipinski definition) is 2. The van der Waals surface area contributed by atoms with Gasteiger partial charge in [-0.1, -0.05) is 13.8 Å². The highest BCUT2D eigenvalue weighted by atomic mass is 32.2. The minimum absolute atomic E-state index is 0.0430. The zero-order valence-electron chi connectivity index (χ0n) is 12.0. The number of carbonyl (C=O) groups excluding carboxylic acids is 1. The first-order chi connectivity index (χ1) is 9.64. The summed E-state index contributed by atoms with van der Waals surface area (Å²) >= 11 is 0. The van der Waals surface area contributed by atoms with Crippen molar-refractivity contribution in [2.75, 3.05) is 6.54 Å². The molecule has 21 heavy (non-hydrogen) atoms. The van der Waals surface area contributed by atoms with Crippen LogP contribution < -0.4 is 10.5 Å². The molecule has 0 bridgehead atoms. The molecule has 2 rings (SSSR count). The van der Waals surface area contributed by atoms with Crippen LogP contribution in [0.5, 0.6) is 0 Å². The van der Waals surface area contributed by atoms with Gasteiger partial charge in [-0.05, 0) is 42.4 Å². The fourth-order valence-corrected chi connectivity index (χ4v) is 2.90. The summed E-state index contributed by atoms with van der Waals surface area (Å²) in [5.74, 6) is -0.853. The van der Waals surface area contributed by atoms with E-state index in [9.17, 15) is 17.6 Å². The molecule has 1 aromatic rings. The highest BCUT2D eigenvalue weighted by Gasteiger charge is 2.45. The molecule has 116 valence electrons. The Morgan fingerprint density at radius 1 is 1.38 bits per heavy atom. The summed E-state index contributed by atoms with van der Waals surface area (Å²) < 4.78 is 35.9. The Hall–Kier alpha value is -1.47. The lowest BCUT2D eigenvalue weighted by molar-refractivity contribution is 0.0939. The molecule has 1 aliphatic carbocycles. The highest BCUT2D eigenvalue weighted by molar-refractivity contribution is 7.89. The average Bonchev–Trinajstić information content (AvgIpc) is 3.15. The normalized spacial score (nSPS) is 16.8. The van der Waals surface area contributed by atoms with Crippen LogP contribution in [-0.4, -0.2) is 20.9 Å². The van der Waals surface area contributed by atoms with Crippen molar-refractivity contribution in [2.24, 2.45) is 16.5 Å². The Bertz CT molecular complexity index is 667. The Balaban J connectivity index is 2.15. The Labute approximate surface area is 123 Å². The van der Waals surface area contributed by atoms with Gasteiger partial charge < -0.3 is 5.32 Å². The van der Waals surface area contributed by atoms with E-state index in [0.717, 1.165) is 31.0 Å². The van der Waals surface area contributed by atoms with Crippen molar-refractivity contribution in [2.45, 2.75) is 31.6 Å². The fourth-order valence-electron chi connectivity index (χ4n) is 2.34. The van der Waals surface area contributed by atoms with Gasteiger partial charge in [0.15, 0.2) is 0 Å². The van der Waals surface area contributed by atoms with Crippen LogP contribution in [0.3, 0.4) is 0 Å². The molecule has 0 unspecified atom stereocenters. The minimum atomic E-state index is -4.05. The predicted molar refractivity (Wildman–Crippen MR) is 76.6 cm³/mol. The SMILES string of the molecule is CC(C)C1(CNC(=O)c2cc(F)cc(S(N)(=O)=O)c2)CC1. The van der Waals surface area contributed by atoms with E-state index in [2.05, 4.69) is 19.2 Å². The topological polar surface area (TPSA) is 89.3 Å². The number of nitrogens with two attached hydrogens (primary N) is 1. The first kappa shape index (κ1) is 15.9. The largest absolute Gasteiger partial charge is 0.351 e. The standard InChI is InChI=1S/C14H19FN2O3S/c1-9(2)14(3-4-14)8-17-13(18)10-5-11(15)7-12(6-10)21(16,19)20/h5-7,9H,3-4,8H2,1-2H3,(H,17,18)(H2,16,19,20). The van der Waals surface area contributed by atoms with Crippen molar-refractivity contribution >= 4 is 15.9 Å². The van der Waals surface area contributed by atoms with E-state index >= 15 is 0 Å². The zero-order valence-corrected chi connectivity index (χ0v) is 12.8. The second-order valence-electron chi connectivity index (χ2n) is 5.92. The van der Waals surface area contributed by atoms with Crippen molar-refractivity contribution < 1.29 is 17.6 Å². The second-order valence-corrected chi connectivity index (χ2v) is 7.48. The van der Waals surface area contributed by atoms with E-state index in [4.69, 9.17) is 5.14 Å². The number of hydrogen-bond acceptors (Lipinski definition) is 3. The van der Waals surface area contributed by atoms with Crippen LogP contribution >= 0.6 is 0 Å². The van der Waals surface area contributed by atoms with Gasteiger partial charge in [0.2, 0.25) is 10.0 Å². The van der Waals surface area contributed by atoms with Gasteiger partial charge in [0.1, 0.15) is 5.82 Å². The molecule has 1 amide bonds. The Morgan fingerprint density at radius 2 is 2.00 bits per heavy atom. The summed E-state index contributed by atoms with van der Waals surface area (Å²) in [6.07, 6.45) is 2.10. The first-order valence-electron chi connectivity index (χ1n) is 6.76. The summed E-state index contributed by atoms with van der Waals surface area (Å²) in [5.41, 5.74) is 0.0738. The average molecular weight is 314 g/mol. The summed E-state index contributed by atoms with van der Waals surface area (Å²) in [5, 5.41) is 7.71. The van der Waals surface area contributed by atoms with E-state index in [1.807, 2.05) is 0 Å². The highest BCUT2D eigenvalue weighted by Crippen LogP contribution is 2.51. The maximum absolute atomic E-state index is 13.4. The van der Waals surface area contributed by atoms with Gasteiger partial charge in [-0.3, -0.25) is 4.79 Å². The molecule has 0 radical (unpaired) electrons. The molecule has 1 aromatic carbocycles. The van der Waals surface area contributed by atoms with Crippen molar-refractivity contribution in [1.82, 2.24) is 5.32 Å². The predicted octanol–water partition coefficient (Wildman–Crippen LogP) is 1.64. The molecule has 0 atom stereocenters. The quantitative estimate of drug-likeness (QED) is 0.866. The first-order valence-corrected chi connectivity index (χ1v) is 8.30. The smallest absolute Gasteiger partial charge is 0.251 e. The number of rotatable bonds is 5. The molecular weight excluding hydrogens is 295 g/mol. The number of sulfonamides is 1. The van der Waals surface area contributed by atoms with Crippen LogP contribution in [0.15, 0.2) is 23.1 Å². The van der Waals surface area contributed by atoms with Crippen molar-refractivity contribution in [3.05, 3.63) is 29.6 Å². The third-order valence-corrected chi connectivity index (χ3v) is 5.07. The number of amides is 1. The third kappa shape index (κ3) is 3.59.